The first-order valence-electron chi connectivity index (χ1n) is 4.63. The molecule has 0 atom stereocenters. The van der Waals surface area contributed by atoms with Gasteiger partial charge in [-0.3, -0.25) is 9.59 Å². The minimum Gasteiger partial charge on any atom is -0.503 e. The Morgan fingerprint density at radius 1 is 1.44 bits per heavy atom. The molecular weight excluding hydrogens is 208 g/mol. The Kier molecular flexibility index (Phi) is 2.16. The lowest BCUT2D eigenvalue weighted by Crippen LogP contribution is -2.13. The third-order valence-electron chi connectivity index (χ3n) is 2.45. The Labute approximate surface area is 90.7 Å². The lowest BCUT2D eigenvalue weighted by atomic mass is 10.1. The molecule has 3 N–H and O–H groups in total. The van der Waals surface area contributed by atoms with E-state index in [0.29, 0.717) is 5.52 Å². The molecule has 82 valence electrons. The molecule has 1 aromatic heterocycles. The fraction of sp³-hybridized carbons (Fsp3) is 0.0909. The van der Waals surface area contributed by atoms with Crippen LogP contribution in [-0.4, -0.2) is 15.6 Å². The topological polar surface area (TPSA) is 85.3 Å². The van der Waals surface area contributed by atoms with Crippen molar-refractivity contribution in [2.45, 2.75) is 0 Å². The van der Waals surface area contributed by atoms with Gasteiger partial charge in [0.05, 0.1) is 17.1 Å². The van der Waals surface area contributed by atoms with Gasteiger partial charge in [0.1, 0.15) is 0 Å². The number of primary amides is 1. The van der Waals surface area contributed by atoms with Crippen LogP contribution in [0.3, 0.4) is 0 Å². The molecule has 5 nitrogen and oxygen atoms in total. The molecular formula is C11H10N2O3. The highest BCUT2D eigenvalue weighted by atomic mass is 16.3. The summed E-state index contributed by atoms with van der Waals surface area (Å²) in [5.41, 5.74) is 5.49. The van der Waals surface area contributed by atoms with Gasteiger partial charge in [0.25, 0.3) is 0 Å². The highest BCUT2D eigenvalue weighted by Crippen LogP contribution is 2.15. The molecule has 0 aliphatic rings. The molecule has 16 heavy (non-hydrogen) atoms. The van der Waals surface area contributed by atoms with Crippen molar-refractivity contribution in [1.82, 2.24) is 4.57 Å². The highest BCUT2D eigenvalue weighted by molar-refractivity contribution is 5.97. The van der Waals surface area contributed by atoms with E-state index in [2.05, 4.69) is 0 Å². The largest absolute Gasteiger partial charge is 0.503 e. The molecule has 1 aromatic carbocycles. The van der Waals surface area contributed by atoms with Crippen LogP contribution in [0.5, 0.6) is 5.75 Å². The fourth-order valence-corrected chi connectivity index (χ4v) is 1.63. The Morgan fingerprint density at radius 2 is 2.12 bits per heavy atom. The van der Waals surface area contributed by atoms with Gasteiger partial charge in [0, 0.05) is 12.6 Å². The van der Waals surface area contributed by atoms with Gasteiger partial charge in [0.15, 0.2) is 5.75 Å². The van der Waals surface area contributed by atoms with Crippen molar-refractivity contribution in [3.8, 4) is 5.75 Å². The number of nitrogens with zero attached hydrogens (tertiary/aromatic N) is 1. The van der Waals surface area contributed by atoms with Crippen LogP contribution in [0.25, 0.3) is 10.9 Å². The normalized spacial score (nSPS) is 10.6. The van der Waals surface area contributed by atoms with Crippen molar-refractivity contribution in [1.29, 1.82) is 0 Å². The second-order valence-electron chi connectivity index (χ2n) is 3.55. The van der Waals surface area contributed by atoms with E-state index in [1.165, 1.54) is 12.3 Å². The maximum Gasteiger partial charge on any atom is 0.248 e. The third kappa shape index (κ3) is 1.42. The summed E-state index contributed by atoms with van der Waals surface area (Å²) in [7, 11) is 1.70. The fourth-order valence-electron chi connectivity index (χ4n) is 1.63. The molecule has 0 spiro atoms. The molecule has 5 heteroatoms. The first-order chi connectivity index (χ1) is 7.50. The third-order valence-corrected chi connectivity index (χ3v) is 2.45. The lowest BCUT2D eigenvalue weighted by Gasteiger charge is -2.06. The standard InChI is InChI=1S/C11H10N2O3/c1-13-5-9(14)10(15)7-4-6(11(12)16)2-3-8(7)13/h2-5,14H,1H3,(H2,12,16). The number of fused-ring (bicyclic) bond motifs is 1. The Hall–Kier alpha value is -2.30. The number of carbonyl (C=O) groups excluding carboxylic acids is 1. The zero-order chi connectivity index (χ0) is 11.9. The summed E-state index contributed by atoms with van der Waals surface area (Å²) >= 11 is 0. The summed E-state index contributed by atoms with van der Waals surface area (Å²) in [5.74, 6) is -0.955. The van der Waals surface area contributed by atoms with Gasteiger partial charge in [-0.1, -0.05) is 0 Å². The minimum atomic E-state index is -0.604. The predicted octanol–water partition coefficient (Wildman–Crippen LogP) is 0.343. The number of pyridine rings is 1. The van der Waals surface area contributed by atoms with Crippen molar-refractivity contribution in [2.75, 3.05) is 0 Å². The molecule has 0 unspecified atom stereocenters. The van der Waals surface area contributed by atoms with Crippen LogP contribution >= 0.6 is 0 Å². The first kappa shape index (κ1) is 10.2. The molecule has 0 saturated heterocycles. The van der Waals surface area contributed by atoms with Crippen LogP contribution in [0.2, 0.25) is 0 Å². The number of aromatic nitrogens is 1. The average Bonchev–Trinajstić information content (AvgIpc) is 2.25. The van der Waals surface area contributed by atoms with E-state index < -0.39 is 11.3 Å². The van der Waals surface area contributed by atoms with Crippen molar-refractivity contribution in [3.05, 3.63) is 40.2 Å². The number of aromatic hydroxyl groups is 1. The predicted molar refractivity (Wildman–Crippen MR) is 59.4 cm³/mol. The van der Waals surface area contributed by atoms with E-state index in [1.54, 1.807) is 23.7 Å². The number of carbonyl (C=O) groups is 1. The van der Waals surface area contributed by atoms with Gasteiger partial charge in [-0.05, 0) is 18.2 Å². The summed E-state index contributed by atoms with van der Waals surface area (Å²) in [6, 6.07) is 4.55. The van der Waals surface area contributed by atoms with Gasteiger partial charge >= 0.3 is 0 Å². The van der Waals surface area contributed by atoms with E-state index in [9.17, 15) is 14.7 Å². The zero-order valence-electron chi connectivity index (χ0n) is 8.60. The average molecular weight is 218 g/mol. The number of amides is 1. The van der Waals surface area contributed by atoms with Crippen molar-refractivity contribution >= 4 is 16.8 Å². The Bertz CT molecular complexity index is 643. The maximum atomic E-state index is 11.6. The van der Waals surface area contributed by atoms with Crippen molar-refractivity contribution in [2.24, 2.45) is 12.8 Å². The van der Waals surface area contributed by atoms with Gasteiger partial charge in [0.2, 0.25) is 11.3 Å². The van der Waals surface area contributed by atoms with Crippen LogP contribution < -0.4 is 11.2 Å². The maximum absolute atomic E-state index is 11.6. The summed E-state index contributed by atoms with van der Waals surface area (Å²) in [6.07, 6.45) is 1.33. The van der Waals surface area contributed by atoms with E-state index >= 15 is 0 Å². The molecule has 1 heterocycles. The lowest BCUT2D eigenvalue weighted by molar-refractivity contribution is 0.100. The molecule has 2 rings (SSSR count). The molecule has 0 aliphatic carbocycles. The number of hydrogen-bond donors (Lipinski definition) is 2. The molecule has 2 aromatic rings. The Balaban J connectivity index is 2.92. The molecule has 0 saturated carbocycles. The number of nitrogens with two attached hydrogens (primary N) is 1. The number of aryl methyl sites for hydroxylation is 1. The van der Waals surface area contributed by atoms with Crippen LogP contribution in [0.1, 0.15) is 10.4 Å². The van der Waals surface area contributed by atoms with E-state index in [1.807, 2.05) is 0 Å². The molecule has 0 aliphatic heterocycles. The quantitative estimate of drug-likeness (QED) is 0.723. The number of rotatable bonds is 1. The Morgan fingerprint density at radius 3 is 2.75 bits per heavy atom. The van der Waals surface area contributed by atoms with Crippen molar-refractivity contribution in [3.63, 3.8) is 0 Å². The first-order valence-corrected chi connectivity index (χ1v) is 4.63. The minimum absolute atomic E-state index is 0.246. The zero-order valence-corrected chi connectivity index (χ0v) is 8.60. The monoisotopic (exact) mass is 218 g/mol. The summed E-state index contributed by atoms with van der Waals surface area (Å²) in [5, 5.41) is 9.65. The van der Waals surface area contributed by atoms with E-state index in [4.69, 9.17) is 5.73 Å². The molecule has 0 radical (unpaired) electrons. The van der Waals surface area contributed by atoms with Crippen LogP contribution in [0.4, 0.5) is 0 Å². The van der Waals surface area contributed by atoms with Crippen molar-refractivity contribution < 1.29 is 9.90 Å². The van der Waals surface area contributed by atoms with Crippen LogP contribution in [-0.2, 0) is 7.05 Å². The van der Waals surface area contributed by atoms with E-state index in [-0.39, 0.29) is 16.7 Å². The van der Waals surface area contributed by atoms with E-state index in [0.717, 1.165) is 0 Å². The van der Waals surface area contributed by atoms with Gasteiger partial charge in [-0.25, -0.2) is 0 Å². The second-order valence-corrected chi connectivity index (χ2v) is 3.55. The second kappa shape index (κ2) is 3.37. The SMILES string of the molecule is Cn1cc(O)c(=O)c2cc(C(N)=O)ccc21. The number of hydrogen-bond acceptors (Lipinski definition) is 3. The smallest absolute Gasteiger partial charge is 0.248 e. The highest BCUT2D eigenvalue weighted by Gasteiger charge is 2.08. The van der Waals surface area contributed by atoms with Crippen LogP contribution in [0, 0.1) is 0 Å². The summed E-state index contributed by atoms with van der Waals surface area (Å²) < 4.78 is 1.61. The number of benzene rings is 1. The molecule has 1 amide bonds. The molecule has 0 fully saturated rings. The van der Waals surface area contributed by atoms with Gasteiger partial charge < -0.3 is 15.4 Å². The van der Waals surface area contributed by atoms with Gasteiger partial charge in [-0.2, -0.15) is 0 Å². The molecule has 0 bridgehead atoms. The van der Waals surface area contributed by atoms with Gasteiger partial charge in [-0.15, -0.1) is 0 Å². The van der Waals surface area contributed by atoms with Crippen LogP contribution in [0.15, 0.2) is 29.2 Å². The summed E-state index contributed by atoms with van der Waals surface area (Å²) in [4.78, 5) is 22.6. The summed E-state index contributed by atoms with van der Waals surface area (Å²) in [6.45, 7) is 0.